The first-order valence-electron chi connectivity index (χ1n) is 4.20. The standard InChI is InChI=1S/C9H9ClN4/c1-7-8(5-10)6-14(13-7)9-3-2-4-11-12-9/h2-4,6H,5H2,1H3. The van der Waals surface area contributed by atoms with Crippen molar-refractivity contribution in [1.29, 1.82) is 0 Å². The van der Waals surface area contributed by atoms with Crippen molar-refractivity contribution < 1.29 is 0 Å². The number of hydrogen-bond donors (Lipinski definition) is 0. The van der Waals surface area contributed by atoms with Crippen LogP contribution in [0.15, 0.2) is 24.5 Å². The molecule has 0 atom stereocenters. The minimum atomic E-state index is 0.464. The van der Waals surface area contributed by atoms with Gasteiger partial charge in [-0.2, -0.15) is 10.2 Å². The topological polar surface area (TPSA) is 43.6 Å². The van der Waals surface area contributed by atoms with Crippen molar-refractivity contribution in [3.8, 4) is 5.82 Å². The Labute approximate surface area is 86.5 Å². The highest BCUT2D eigenvalue weighted by molar-refractivity contribution is 6.17. The lowest BCUT2D eigenvalue weighted by Gasteiger charge is -1.95. The largest absolute Gasteiger partial charge is 0.220 e. The summed E-state index contributed by atoms with van der Waals surface area (Å²) in [6.45, 7) is 1.92. The van der Waals surface area contributed by atoms with Gasteiger partial charge in [-0.05, 0) is 19.1 Å². The highest BCUT2D eigenvalue weighted by Gasteiger charge is 2.05. The average molecular weight is 209 g/mol. The third-order valence-corrected chi connectivity index (χ3v) is 2.23. The van der Waals surface area contributed by atoms with Crippen LogP contribution in [-0.2, 0) is 5.88 Å². The summed E-state index contributed by atoms with van der Waals surface area (Å²) in [7, 11) is 0. The molecule has 2 aromatic rings. The van der Waals surface area contributed by atoms with Gasteiger partial charge in [-0.3, -0.25) is 0 Å². The number of hydrogen-bond acceptors (Lipinski definition) is 3. The van der Waals surface area contributed by atoms with Crippen LogP contribution in [0.4, 0.5) is 0 Å². The molecule has 0 aliphatic carbocycles. The van der Waals surface area contributed by atoms with E-state index in [1.54, 1.807) is 10.9 Å². The average Bonchev–Trinajstić information content (AvgIpc) is 2.61. The predicted octanol–water partition coefficient (Wildman–Crippen LogP) is 1.71. The van der Waals surface area contributed by atoms with E-state index < -0.39 is 0 Å². The zero-order chi connectivity index (χ0) is 9.97. The Morgan fingerprint density at radius 1 is 1.50 bits per heavy atom. The minimum Gasteiger partial charge on any atom is -0.220 e. The van der Waals surface area contributed by atoms with Crippen LogP contribution in [0.5, 0.6) is 0 Å². The number of nitrogens with zero attached hydrogens (tertiary/aromatic N) is 4. The van der Waals surface area contributed by atoms with E-state index in [0.29, 0.717) is 11.7 Å². The summed E-state index contributed by atoms with van der Waals surface area (Å²) in [5.41, 5.74) is 1.93. The van der Waals surface area contributed by atoms with E-state index in [1.165, 1.54) is 0 Å². The molecule has 0 saturated heterocycles. The van der Waals surface area contributed by atoms with Crippen LogP contribution in [0, 0.1) is 6.92 Å². The lowest BCUT2D eigenvalue weighted by molar-refractivity contribution is 0.803. The molecule has 2 aromatic heterocycles. The summed E-state index contributed by atoms with van der Waals surface area (Å²) in [4.78, 5) is 0. The van der Waals surface area contributed by atoms with Crippen molar-refractivity contribution in [1.82, 2.24) is 20.0 Å². The zero-order valence-corrected chi connectivity index (χ0v) is 8.44. The fourth-order valence-corrected chi connectivity index (χ4v) is 1.42. The molecule has 0 aliphatic rings. The molecule has 72 valence electrons. The van der Waals surface area contributed by atoms with E-state index in [-0.39, 0.29) is 0 Å². The van der Waals surface area contributed by atoms with Gasteiger partial charge in [-0.15, -0.1) is 16.7 Å². The third-order valence-electron chi connectivity index (χ3n) is 1.94. The first-order chi connectivity index (χ1) is 6.81. The second-order valence-corrected chi connectivity index (χ2v) is 3.17. The first kappa shape index (κ1) is 9.15. The van der Waals surface area contributed by atoms with Crippen molar-refractivity contribution >= 4 is 11.6 Å². The maximum absolute atomic E-state index is 5.74. The fourth-order valence-electron chi connectivity index (χ4n) is 1.16. The molecule has 2 heterocycles. The van der Waals surface area contributed by atoms with Gasteiger partial charge in [0.05, 0.1) is 11.6 Å². The van der Waals surface area contributed by atoms with E-state index in [4.69, 9.17) is 11.6 Å². The number of alkyl halides is 1. The third kappa shape index (κ3) is 1.61. The molecule has 0 bridgehead atoms. The highest BCUT2D eigenvalue weighted by Crippen LogP contribution is 2.11. The van der Waals surface area contributed by atoms with E-state index in [0.717, 1.165) is 11.3 Å². The van der Waals surface area contributed by atoms with E-state index in [1.807, 2.05) is 25.3 Å². The van der Waals surface area contributed by atoms with Crippen molar-refractivity contribution in [3.05, 3.63) is 35.8 Å². The summed E-state index contributed by atoms with van der Waals surface area (Å²) < 4.78 is 1.68. The van der Waals surface area contributed by atoms with Gasteiger partial charge in [0.25, 0.3) is 0 Å². The van der Waals surface area contributed by atoms with Crippen molar-refractivity contribution in [2.75, 3.05) is 0 Å². The molecule has 0 unspecified atom stereocenters. The fraction of sp³-hybridized carbons (Fsp3) is 0.222. The SMILES string of the molecule is Cc1nn(-c2cccnn2)cc1CCl. The van der Waals surface area contributed by atoms with Gasteiger partial charge in [0, 0.05) is 18.0 Å². The van der Waals surface area contributed by atoms with Crippen LogP contribution in [-0.4, -0.2) is 20.0 Å². The van der Waals surface area contributed by atoms with Crippen molar-refractivity contribution in [2.45, 2.75) is 12.8 Å². The van der Waals surface area contributed by atoms with Crippen LogP contribution in [0.2, 0.25) is 0 Å². The Hall–Kier alpha value is -1.42. The van der Waals surface area contributed by atoms with E-state index in [9.17, 15) is 0 Å². The summed E-state index contributed by atoms with van der Waals surface area (Å²) in [5, 5.41) is 12.0. The van der Waals surface area contributed by atoms with Gasteiger partial charge in [0.2, 0.25) is 0 Å². The highest BCUT2D eigenvalue weighted by atomic mass is 35.5. The van der Waals surface area contributed by atoms with Crippen LogP contribution in [0.3, 0.4) is 0 Å². The maximum Gasteiger partial charge on any atom is 0.175 e. The summed E-state index contributed by atoms with van der Waals surface area (Å²) in [5.74, 6) is 1.17. The Balaban J connectivity index is 2.43. The molecule has 0 fully saturated rings. The molecule has 0 N–H and O–H groups in total. The smallest absolute Gasteiger partial charge is 0.175 e. The Morgan fingerprint density at radius 3 is 2.93 bits per heavy atom. The second kappa shape index (κ2) is 3.75. The lowest BCUT2D eigenvalue weighted by atomic mass is 10.3. The maximum atomic E-state index is 5.74. The molecule has 0 radical (unpaired) electrons. The minimum absolute atomic E-state index is 0.464. The van der Waals surface area contributed by atoms with Gasteiger partial charge in [0.1, 0.15) is 0 Å². The Morgan fingerprint density at radius 2 is 2.36 bits per heavy atom. The molecular formula is C9H9ClN4. The molecule has 0 saturated carbocycles. The van der Waals surface area contributed by atoms with E-state index in [2.05, 4.69) is 15.3 Å². The second-order valence-electron chi connectivity index (χ2n) is 2.90. The predicted molar refractivity (Wildman–Crippen MR) is 53.4 cm³/mol. The van der Waals surface area contributed by atoms with Gasteiger partial charge in [-0.25, -0.2) is 4.68 Å². The van der Waals surface area contributed by atoms with Gasteiger partial charge in [-0.1, -0.05) is 0 Å². The normalized spacial score (nSPS) is 10.4. The zero-order valence-electron chi connectivity index (χ0n) is 7.68. The molecular weight excluding hydrogens is 200 g/mol. The molecule has 0 amide bonds. The molecule has 4 nitrogen and oxygen atoms in total. The summed E-state index contributed by atoms with van der Waals surface area (Å²) in [6.07, 6.45) is 3.49. The Kier molecular flexibility index (Phi) is 2.45. The van der Waals surface area contributed by atoms with Gasteiger partial charge in [0.15, 0.2) is 5.82 Å². The molecule has 2 rings (SSSR count). The number of aryl methyl sites for hydroxylation is 1. The van der Waals surface area contributed by atoms with Gasteiger partial charge >= 0.3 is 0 Å². The molecule has 0 spiro atoms. The summed E-state index contributed by atoms with van der Waals surface area (Å²) in [6, 6.07) is 3.66. The lowest BCUT2D eigenvalue weighted by Crippen LogP contribution is -1.98. The molecule has 5 heteroatoms. The molecule has 0 aromatic carbocycles. The van der Waals surface area contributed by atoms with Crippen LogP contribution < -0.4 is 0 Å². The Bertz CT molecular complexity index is 424. The number of halogens is 1. The van der Waals surface area contributed by atoms with Crippen molar-refractivity contribution in [2.24, 2.45) is 0 Å². The quantitative estimate of drug-likeness (QED) is 0.706. The molecule has 0 aliphatic heterocycles. The van der Waals surface area contributed by atoms with Crippen LogP contribution >= 0.6 is 11.6 Å². The van der Waals surface area contributed by atoms with Crippen LogP contribution in [0.25, 0.3) is 5.82 Å². The summed E-state index contributed by atoms with van der Waals surface area (Å²) >= 11 is 5.74. The number of aromatic nitrogens is 4. The monoisotopic (exact) mass is 208 g/mol. The van der Waals surface area contributed by atoms with Crippen LogP contribution in [0.1, 0.15) is 11.3 Å². The van der Waals surface area contributed by atoms with Crippen molar-refractivity contribution in [3.63, 3.8) is 0 Å². The first-order valence-corrected chi connectivity index (χ1v) is 4.74. The molecule has 14 heavy (non-hydrogen) atoms. The van der Waals surface area contributed by atoms with E-state index >= 15 is 0 Å². The van der Waals surface area contributed by atoms with Gasteiger partial charge < -0.3 is 0 Å². The number of rotatable bonds is 2.